The van der Waals surface area contributed by atoms with Gasteiger partial charge in [-0.2, -0.15) is 5.26 Å². The third-order valence-electron chi connectivity index (χ3n) is 9.01. The minimum atomic E-state index is -0.471. The van der Waals surface area contributed by atoms with Crippen molar-refractivity contribution >= 4 is 5.57 Å². The Hall–Kier alpha value is -5.13. The minimum absolute atomic E-state index is 0.432. The zero-order chi connectivity index (χ0) is 27.6. The van der Waals surface area contributed by atoms with Crippen LogP contribution in [0.2, 0.25) is 0 Å². The highest BCUT2D eigenvalue weighted by molar-refractivity contribution is 5.89. The summed E-state index contributed by atoms with van der Waals surface area (Å²) < 4.78 is 6.59. The highest BCUT2D eigenvalue weighted by Gasteiger charge is 2.50. The van der Waals surface area contributed by atoms with Gasteiger partial charge in [0.15, 0.2) is 0 Å². The van der Waals surface area contributed by atoms with E-state index in [0.717, 1.165) is 45.7 Å². The van der Waals surface area contributed by atoms with Crippen LogP contribution in [0.1, 0.15) is 41.2 Å². The lowest BCUT2D eigenvalue weighted by Gasteiger charge is -2.39. The first-order chi connectivity index (χ1) is 20.1. The summed E-state index contributed by atoms with van der Waals surface area (Å²) in [4.78, 5) is 0. The molecular formula is C39H27NO. The first kappa shape index (κ1) is 23.7. The second-order valence-electron chi connectivity index (χ2n) is 11.5. The quantitative estimate of drug-likeness (QED) is 0.225. The smallest absolute Gasteiger partial charge is 0.132 e. The second-order valence-corrected chi connectivity index (χ2v) is 11.5. The van der Waals surface area contributed by atoms with E-state index in [-0.39, 0.29) is 0 Å². The molecule has 8 rings (SSSR count). The molecule has 2 nitrogen and oxygen atoms in total. The molecule has 0 amide bonds. The number of hydrogen-bond acceptors (Lipinski definition) is 2. The number of benzene rings is 5. The van der Waals surface area contributed by atoms with E-state index in [9.17, 15) is 5.26 Å². The van der Waals surface area contributed by atoms with Gasteiger partial charge in [-0.15, -0.1) is 0 Å². The number of nitrogens with zero attached hydrogens (tertiary/aromatic N) is 1. The SMILES string of the molecule is CC1(C#N)C=CC(c2cccc(-c3ccc4c(c3)C3(c5ccccc5O4)c4ccccc4-c4ccccc43)c2)=CC1. The molecule has 2 aliphatic carbocycles. The van der Waals surface area contributed by atoms with Crippen molar-refractivity contribution in [2.45, 2.75) is 18.8 Å². The van der Waals surface area contributed by atoms with Crippen LogP contribution in [0.25, 0.3) is 27.8 Å². The third-order valence-corrected chi connectivity index (χ3v) is 9.01. The maximum Gasteiger partial charge on any atom is 0.132 e. The molecule has 194 valence electrons. The Morgan fingerprint density at radius 3 is 1.98 bits per heavy atom. The van der Waals surface area contributed by atoms with E-state index in [0.29, 0.717) is 0 Å². The molecule has 41 heavy (non-hydrogen) atoms. The van der Waals surface area contributed by atoms with E-state index in [2.05, 4.69) is 133 Å². The zero-order valence-corrected chi connectivity index (χ0v) is 22.8. The highest BCUT2D eigenvalue weighted by atomic mass is 16.5. The standard InChI is InChI=1S/C39H27NO/c1-38(25-40)21-19-26(20-22-38)27-9-8-10-28(23-27)29-17-18-37-35(24-29)39(34-15-6-7-16-36(34)41-37)32-13-4-2-11-30(32)31-12-3-5-14-33(31)39/h2-21,23-24H,22H2,1H3. The average Bonchev–Trinajstić information content (AvgIpc) is 3.32. The molecule has 1 spiro atoms. The summed E-state index contributed by atoms with van der Waals surface area (Å²) in [5.41, 5.74) is 11.2. The number of para-hydroxylation sites is 1. The molecule has 0 aromatic heterocycles. The summed E-state index contributed by atoms with van der Waals surface area (Å²) in [5, 5.41) is 9.53. The van der Waals surface area contributed by atoms with Crippen LogP contribution in [0, 0.1) is 16.7 Å². The van der Waals surface area contributed by atoms with Crippen molar-refractivity contribution in [2.24, 2.45) is 5.41 Å². The molecule has 0 radical (unpaired) electrons. The molecule has 1 unspecified atom stereocenters. The van der Waals surface area contributed by atoms with Gasteiger partial charge in [0.05, 0.1) is 16.9 Å². The van der Waals surface area contributed by atoms with E-state index >= 15 is 0 Å². The van der Waals surface area contributed by atoms with Gasteiger partial charge in [-0.25, -0.2) is 0 Å². The van der Waals surface area contributed by atoms with Gasteiger partial charge < -0.3 is 4.74 Å². The van der Waals surface area contributed by atoms with Gasteiger partial charge in [-0.05, 0) is 82.1 Å². The Morgan fingerprint density at radius 2 is 1.27 bits per heavy atom. The number of fused-ring (bicyclic) bond motifs is 9. The van der Waals surface area contributed by atoms with Gasteiger partial charge in [0.2, 0.25) is 0 Å². The summed E-state index contributed by atoms with van der Waals surface area (Å²) in [6.07, 6.45) is 7.02. The predicted octanol–water partition coefficient (Wildman–Crippen LogP) is 9.70. The van der Waals surface area contributed by atoms with Gasteiger partial charge in [0.25, 0.3) is 0 Å². The van der Waals surface area contributed by atoms with Crippen LogP contribution < -0.4 is 4.74 Å². The van der Waals surface area contributed by atoms with Crippen LogP contribution in [-0.4, -0.2) is 0 Å². The molecule has 3 aliphatic rings. The molecule has 0 saturated carbocycles. The molecule has 1 heterocycles. The molecular weight excluding hydrogens is 498 g/mol. The van der Waals surface area contributed by atoms with E-state index in [1.54, 1.807) is 0 Å². The fraction of sp³-hybridized carbons (Fsp3) is 0.103. The van der Waals surface area contributed by atoms with Crippen LogP contribution >= 0.6 is 0 Å². The topological polar surface area (TPSA) is 33.0 Å². The first-order valence-electron chi connectivity index (χ1n) is 14.1. The zero-order valence-electron chi connectivity index (χ0n) is 22.8. The molecule has 0 bridgehead atoms. The predicted molar refractivity (Wildman–Crippen MR) is 165 cm³/mol. The van der Waals surface area contributed by atoms with E-state index < -0.39 is 10.8 Å². The van der Waals surface area contributed by atoms with Crippen molar-refractivity contribution < 1.29 is 4.74 Å². The van der Waals surface area contributed by atoms with Gasteiger partial charge >= 0.3 is 0 Å². The van der Waals surface area contributed by atoms with Crippen molar-refractivity contribution in [1.29, 1.82) is 5.26 Å². The van der Waals surface area contributed by atoms with Crippen molar-refractivity contribution in [3.63, 3.8) is 0 Å². The average molecular weight is 526 g/mol. The molecule has 0 fully saturated rings. The first-order valence-corrected chi connectivity index (χ1v) is 14.1. The van der Waals surface area contributed by atoms with Crippen LogP contribution in [0.4, 0.5) is 0 Å². The van der Waals surface area contributed by atoms with Crippen LogP contribution in [0.5, 0.6) is 11.5 Å². The number of nitriles is 1. The Bertz CT molecular complexity index is 1940. The van der Waals surface area contributed by atoms with E-state index in [1.165, 1.54) is 27.8 Å². The highest BCUT2D eigenvalue weighted by Crippen LogP contribution is 2.62. The monoisotopic (exact) mass is 525 g/mol. The maximum absolute atomic E-state index is 9.53. The second kappa shape index (κ2) is 8.68. The molecule has 1 aliphatic heterocycles. The number of ether oxygens (including phenoxy) is 1. The van der Waals surface area contributed by atoms with Crippen molar-refractivity contribution in [3.8, 4) is 39.8 Å². The Morgan fingerprint density at radius 1 is 0.634 bits per heavy atom. The molecule has 2 heteroatoms. The Balaban J connectivity index is 1.33. The van der Waals surface area contributed by atoms with Gasteiger partial charge in [0.1, 0.15) is 11.5 Å². The number of allylic oxidation sites excluding steroid dienone is 4. The molecule has 5 aromatic rings. The van der Waals surface area contributed by atoms with Crippen molar-refractivity contribution in [1.82, 2.24) is 0 Å². The third kappa shape index (κ3) is 3.36. The van der Waals surface area contributed by atoms with Crippen molar-refractivity contribution in [3.05, 3.63) is 161 Å². The van der Waals surface area contributed by atoms with Crippen LogP contribution in [0.3, 0.4) is 0 Å². The lowest BCUT2D eigenvalue weighted by molar-refractivity contribution is 0.436. The number of hydrogen-bond donors (Lipinski definition) is 0. The molecule has 0 saturated heterocycles. The van der Waals surface area contributed by atoms with E-state index in [1.807, 2.05) is 13.0 Å². The Labute approximate surface area is 240 Å². The summed E-state index contributed by atoms with van der Waals surface area (Å²) >= 11 is 0. The van der Waals surface area contributed by atoms with Crippen LogP contribution in [0.15, 0.2) is 133 Å². The number of rotatable bonds is 2. The normalized spacial score (nSPS) is 18.8. The Kier molecular flexibility index (Phi) is 5.03. The summed E-state index contributed by atoms with van der Waals surface area (Å²) in [6.45, 7) is 1.98. The van der Waals surface area contributed by atoms with Crippen LogP contribution in [-0.2, 0) is 5.41 Å². The van der Waals surface area contributed by atoms with Crippen molar-refractivity contribution in [2.75, 3.05) is 0 Å². The summed E-state index contributed by atoms with van der Waals surface area (Å²) in [5.74, 6) is 1.80. The lowest BCUT2D eigenvalue weighted by atomic mass is 9.66. The van der Waals surface area contributed by atoms with E-state index in [4.69, 9.17) is 4.74 Å². The largest absolute Gasteiger partial charge is 0.457 e. The summed E-state index contributed by atoms with van der Waals surface area (Å²) in [7, 11) is 0. The van der Waals surface area contributed by atoms with Gasteiger partial charge in [-0.3, -0.25) is 0 Å². The lowest BCUT2D eigenvalue weighted by Crippen LogP contribution is -2.32. The fourth-order valence-corrected chi connectivity index (χ4v) is 6.94. The minimum Gasteiger partial charge on any atom is -0.457 e. The molecule has 1 atom stereocenters. The summed E-state index contributed by atoms with van der Waals surface area (Å²) in [6, 6.07) is 43.9. The van der Waals surface area contributed by atoms with Gasteiger partial charge in [-0.1, -0.05) is 109 Å². The fourth-order valence-electron chi connectivity index (χ4n) is 6.94. The molecule has 5 aromatic carbocycles. The van der Waals surface area contributed by atoms with Gasteiger partial charge in [0, 0.05) is 11.1 Å². The molecule has 0 N–H and O–H groups in total. The maximum atomic E-state index is 9.53.